The van der Waals surface area contributed by atoms with E-state index in [2.05, 4.69) is 92.6 Å². The summed E-state index contributed by atoms with van der Waals surface area (Å²) in [6.45, 7) is 8.75. The Morgan fingerprint density at radius 2 is 1.76 bits per heavy atom. The van der Waals surface area contributed by atoms with E-state index in [-0.39, 0.29) is 0 Å². The average molecular weight is 475 g/mol. The molecule has 4 aromatic heterocycles. The van der Waals surface area contributed by atoms with Gasteiger partial charge < -0.3 is 0 Å². The van der Waals surface area contributed by atoms with Crippen LogP contribution in [0.5, 0.6) is 0 Å². The average Bonchev–Trinajstić information content (AvgIpc) is 3.53. The maximum absolute atomic E-state index is 4.72. The van der Waals surface area contributed by atoms with E-state index in [9.17, 15) is 0 Å². The zero-order valence-electron chi connectivity index (χ0n) is 19.7. The van der Waals surface area contributed by atoms with Gasteiger partial charge in [-0.15, -0.1) is 32.9 Å². The zero-order valence-corrected chi connectivity index (χ0v) is 21.3. The van der Waals surface area contributed by atoms with Gasteiger partial charge in [0.05, 0.1) is 11.2 Å². The molecule has 0 bridgehead atoms. The number of thiophene rings is 1. The maximum Gasteiger partial charge on any atom is 0.119 e. The van der Waals surface area contributed by atoms with Crippen molar-refractivity contribution in [3.05, 3.63) is 80.9 Å². The van der Waals surface area contributed by atoms with Crippen LogP contribution in [-0.4, -0.2) is 19.8 Å². The molecule has 0 amide bonds. The second kappa shape index (κ2) is 9.35. The van der Waals surface area contributed by atoms with Crippen LogP contribution in [0.1, 0.15) is 78.0 Å². The van der Waals surface area contributed by atoms with Crippen molar-refractivity contribution >= 4 is 38.3 Å². The molecule has 170 valence electrons. The highest BCUT2D eigenvalue weighted by Crippen LogP contribution is 2.36. The molecule has 4 nitrogen and oxygen atoms in total. The first kappa shape index (κ1) is 22.2. The minimum absolute atomic E-state index is 0.433. The third-order valence-electron chi connectivity index (χ3n) is 6.15. The third kappa shape index (κ3) is 4.87. The lowest BCUT2D eigenvalue weighted by atomic mass is 9.93. The molecular weight excluding hydrogens is 444 g/mol. The minimum atomic E-state index is 0.433. The Hall–Kier alpha value is -2.57. The molecule has 4 heterocycles. The van der Waals surface area contributed by atoms with Crippen molar-refractivity contribution in [2.45, 2.75) is 64.7 Å². The van der Waals surface area contributed by atoms with Crippen LogP contribution in [0.4, 0.5) is 0 Å². The molecule has 0 aliphatic heterocycles. The van der Waals surface area contributed by atoms with Crippen LogP contribution in [0.25, 0.3) is 15.6 Å². The maximum atomic E-state index is 4.72. The number of hydrogen-bond acceptors (Lipinski definition) is 5. The number of aryl methyl sites for hydroxylation is 1. The van der Waals surface area contributed by atoms with Crippen LogP contribution in [0.2, 0.25) is 0 Å². The standard InChI is InChI=1S/C27H30N4S2/c1-17(2)23-16-22-14-19(11-12-31(22)30-23)13-21(9-10-26-28-29-27(33-26)18(3)4)25-15-20-7-5-6-8-24(20)32-25/h5-8,11-12,14-18,21H,9-10,13H2,1-4H3. The van der Waals surface area contributed by atoms with E-state index in [1.54, 1.807) is 11.3 Å². The molecular formula is C27H30N4S2. The van der Waals surface area contributed by atoms with E-state index in [1.165, 1.54) is 26.0 Å². The van der Waals surface area contributed by atoms with Crippen LogP contribution in [0.3, 0.4) is 0 Å². The van der Waals surface area contributed by atoms with Crippen LogP contribution >= 0.6 is 22.7 Å². The molecule has 6 heteroatoms. The second-order valence-electron chi connectivity index (χ2n) is 9.44. The Kier molecular flexibility index (Phi) is 6.30. The fourth-order valence-electron chi connectivity index (χ4n) is 4.20. The minimum Gasteiger partial charge on any atom is -0.241 e. The largest absolute Gasteiger partial charge is 0.241 e. The SMILES string of the molecule is CC(C)c1cc2cc(CC(CCc3nnc(C(C)C)s3)c3cc4ccccc4s3)ccn2n1. The monoisotopic (exact) mass is 474 g/mol. The van der Waals surface area contributed by atoms with Gasteiger partial charge in [-0.2, -0.15) is 5.10 Å². The molecule has 0 spiro atoms. The molecule has 1 atom stereocenters. The first-order valence-corrected chi connectivity index (χ1v) is 13.4. The quantitative estimate of drug-likeness (QED) is 0.232. The van der Waals surface area contributed by atoms with E-state index >= 15 is 0 Å². The van der Waals surface area contributed by atoms with Crippen molar-refractivity contribution in [3.63, 3.8) is 0 Å². The Morgan fingerprint density at radius 1 is 0.909 bits per heavy atom. The molecule has 5 rings (SSSR count). The van der Waals surface area contributed by atoms with Crippen LogP contribution < -0.4 is 0 Å². The second-order valence-corrected chi connectivity index (χ2v) is 11.7. The van der Waals surface area contributed by atoms with E-state index in [0.29, 0.717) is 17.8 Å². The first-order valence-electron chi connectivity index (χ1n) is 11.7. The third-order valence-corrected chi connectivity index (χ3v) is 8.71. The molecule has 0 fully saturated rings. The summed E-state index contributed by atoms with van der Waals surface area (Å²) in [6, 6.07) is 17.8. The number of benzene rings is 1. The molecule has 1 unspecified atom stereocenters. The smallest absolute Gasteiger partial charge is 0.119 e. The molecule has 1 aromatic carbocycles. The van der Waals surface area contributed by atoms with E-state index in [4.69, 9.17) is 5.10 Å². The molecule has 0 saturated carbocycles. The summed E-state index contributed by atoms with van der Waals surface area (Å²) < 4.78 is 3.37. The lowest BCUT2D eigenvalue weighted by molar-refractivity contribution is 0.626. The Labute approximate surface area is 203 Å². The summed E-state index contributed by atoms with van der Waals surface area (Å²) in [5, 5.41) is 17.2. The van der Waals surface area contributed by atoms with Gasteiger partial charge in [-0.1, -0.05) is 45.9 Å². The molecule has 0 aliphatic rings. The van der Waals surface area contributed by atoms with Gasteiger partial charge in [0.1, 0.15) is 10.0 Å². The topological polar surface area (TPSA) is 43.1 Å². The summed E-state index contributed by atoms with van der Waals surface area (Å²) in [5.74, 6) is 1.32. The zero-order chi connectivity index (χ0) is 22.9. The van der Waals surface area contributed by atoms with E-state index in [1.807, 2.05) is 15.9 Å². The van der Waals surface area contributed by atoms with Crippen molar-refractivity contribution in [3.8, 4) is 0 Å². The highest BCUT2D eigenvalue weighted by Gasteiger charge is 2.18. The van der Waals surface area contributed by atoms with Gasteiger partial charge in [0.15, 0.2) is 0 Å². The van der Waals surface area contributed by atoms with Crippen LogP contribution in [-0.2, 0) is 12.8 Å². The van der Waals surface area contributed by atoms with Gasteiger partial charge in [0.25, 0.3) is 0 Å². The Morgan fingerprint density at radius 3 is 2.52 bits per heavy atom. The number of pyridine rings is 1. The first-order chi connectivity index (χ1) is 16.0. The summed E-state index contributed by atoms with van der Waals surface area (Å²) >= 11 is 3.70. The predicted octanol–water partition coefficient (Wildman–Crippen LogP) is 7.61. The van der Waals surface area contributed by atoms with Crippen molar-refractivity contribution in [1.29, 1.82) is 0 Å². The number of hydrogen-bond donors (Lipinski definition) is 0. The Balaban J connectivity index is 1.42. The molecule has 0 saturated heterocycles. The normalized spacial score (nSPS) is 13.0. The van der Waals surface area contributed by atoms with Crippen molar-refractivity contribution in [2.24, 2.45) is 0 Å². The lowest BCUT2D eigenvalue weighted by Gasteiger charge is -2.15. The fraction of sp³-hybridized carbons (Fsp3) is 0.370. The number of rotatable bonds is 8. The highest BCUT2D eigenvalue weighted by atomic mass is 32.1. The number of nitrogens with zero attached hydrogens (tertiary/aromatic N) is 4. The van der Waals surface area contributed by atoms with Gasteiger partial charge in [-0.25, -0.2) is 4.52 Å². The molecule has 0 aliphatic carbocycles. The Bertz CT molecular complexity index is 1340. The van der Waals surface area contributed by atoms with E-state index < -0.39 is 0 Å². The number of aromatic nitrogens is 4. The van der Waals surface area contributed by atoms with Gasteiger partial charge in [0.2, 0.25) is 0 Å². The summed E-state index contributed by atoms with van der Waals surface area (Å²) in [6.07, 6.45) is 5.16. The van der Waals surface area contributed by atoms with E-state index in [0.717, 1.165) is 35.0 Å². The molecule has 0 radical (unpaired) electrons. The predicted molar refractivity (Wildman–Crippen MR) is 140 cm³/mol. The molecule has 5 aromatic rings. The van der Waals surface area contributed by atoms with Crippen molar-refractivity contribution in [2.75, 3.05) is 0 Å². The van der Waals surface area contributed by atoms with Gasteiger partial charge in [-0.05, 0) is 66.0 Å². The highest BCUT2D eigenvalue weighted by molar-refractivity contribution is 7.19. The summed E-state index contributed by atoms with van der Waals surface area (Å²) in [5.41, 5.74) is 3.68. The van der Waals surface area contributed by atoms with Gasteiger partial charge >= 0.3 is 0 Å². The van der Waals surface area contributed by atoms with Gasteiger partial charge in [0, 0.05) is 28.1 Å². The lowest BCUT2D eigenvalue weighted by Crippen LogP contribution is -2.04. The van der Waals surface area contributed by atoms with Gasteiger partial charge in [-0.3, -0.25) is 0 Å². The summed E-state index contributed by atoms with van der Waals surface area (Å²) in [7, 11) is 0. The van der Waals surface area contributed by atoms with Crippen molar-refractivity contribution in [1.82, 2.24) is 19.8 Å². The molecule has 33 heavy (non-hydrogen) atoms. The summed E-state index contributed by atoms with van der Waals surface area (Å²) in [4.78, 5) is 1.46. The number of fused-ring (bicyclic) bond motifs is 2. The van der Waals surface area contributed by atoms with Crippen molar-refractivity contribution < 1.29 is 0 Å². The fourth-order valence-corrected chi connectivity index (χ4v) is 6.26. The molecule has 0 N–H and O–H groups in total. The van der Waals surface area contributed by atoms with Crippen LogP contribution in [0.15, 0.2) is 54.7 Å². The van der Waals surface area contributed by atoms with Crippen LogP contribution in [0, 0.1) is 0 Å².